The van der Waals surface area contributed by atoms with Crippen LogP contribution in [0.15, 0.2) is 18.2 Å². The molecule has 0 saturated carbocycles. The second-order valence-electron chi connectivity index (χ2n) is 3.46. The second-order valence-corrected chi connectivity index (χ2v) is 3.46. The molecule has 1 aromatic rings. The number of anilines is 1. The van der Waals surface area contributed by atoms with Crippen molar-refractivity contribution in [3.63, 3.8) is 0 Å². The normalized spacial score (nSPS) is 10.6. The lowest BCUT2D eigenvalue weighted by molar-refractivity contribution is -0.0914. The molecule has 1 aromatic carbocycles. The first kappa shape index (κ1) is 12.8. The standard InChI is InChI=1S/C12H19NO3/c1-9-7-10(14-2)5-6-11(9)13-8-12(15-3)16-4/h5-7,12-13H,8H2,1-4H3. The highest BCUT2D eigenvalue weighted by atomic mass is 16.7. The van der Waals surface area contributed by atoms with Crippen molar-refractivity contribution >= 4 is 5.69 Å². The summed E-state index contributed by atoms with van der Waals surface area (Å²) in [5, 5.41) is 3.26. The fourth-order valence-corrected chi connectivity index (χ4v) is 1.42. The number of hydrogen-bond acceptors (Lipinski definition) is 4. The number of aryl methyl sites for hydroxylation is 1. The predicted octanol–water partition coefficient (Wildman–Crippen LogP) is 2.03. The van der Waals surface area contributed by atoms with E-state index in [1.54, 1.807) is 21.3 Å². The van der Waals surface area contributed by atoms with Crippen LogP contribution >= 0.6 is 0 Å². The van der Waals surface area contributed by atoms with Crippen molar-refractivity contribution in [3.8, 4) is 5.75 Å². The third-order valence-corrected chi connectivity index (χ3v) is 2.42. The van der Waals surface area contributed by atoms with Gasteiger partial charge in [0.2, 0.25) is 0 Å². The molecule has 0 atom stereocenters. The third kappa shape index (κ3) is 3.40. The molecule has 0 aliphatic rings. The van der Waals surface area contributed by atoms with Crippen molar-refractivity contribution in [1.82, 2.24) is 0 Å². The Morgan fingerprint density at radius 2 is 1.88 bits per heavy atom. The summed E-state index contributed by atoms with van der Waals surface area (Å²) in [6.07, 6.45) is -0.235. The molecule has 0 spiro atoms. The molecule has 0 aliphatic heterocycles. The van der Waals surface area contributed by atoms with Crippen molar-refractivity contribution in [1.29, 1.82) is 0 Å². The van der Waals surface area contributed by atoms with Crippen LogP contribution in [0.25, 0.3) is 0 Å². The zero-order chi connectivity index (χ0) is 12.0. The molecule has 16 heavy (non-hydrogen) atoms. The van der Waals surface area contributed by atoms with Crippen molar-refractivity contribution in [2.24, 2.45) is 0 Å². The smallest absolute Gasteiger partial charge is 0.173 e. The van der Waals surface area contributed by atoms with Crippen LogP contribution in [0, 0.1) is 6.92 Å². The number of hydrogen-bond donors (Lipinski definition) is 1. The van der Waals surface area contributed by atoms with Crippen LogP contribution in [0.4, 0.5) is 5.69 Å². The average Bonchev–Trinajstić information content (AvgIpc) is 2.32. The minimum atomic E-state index is -0.235. The van der Waals surface area contributed by atoms with Gasteiger partial charge >= 0.3 is 0 Å². The van der Waals surface area contributed by atoms with E-state index in [1.807, 2.05) is 25.1 Å². The zero-order valence-electron chi connectivity index (χ0n) is 10.2. The number of ether oxygens (including phenoxy) is 3. The highest BCUT2D eigenvalue weighted by molar-refractivity contribution is 5.53. The average molecular weight is 225 g/mol. The van der Waals surface area contributed by atoms with Crippen molar-refractivity contribution in [2.75, 3.05) is 33.2 Å². The molecule has 0 heterocycles. The van der Waals surface area contributed by atoms with Crippen LogP contribution in [0.3, 0.4) is 0 Å². The Morgan fingerprint density at radius 3 is 2.38 bits per heavy atom. The topological polar surface area (TPSA) is 39.7 Å². The van der Waals surface area contributed by atoms with Gasteiger partial charge < -0.3 is 19.5 Å². The first-order valence-corrected chi connectivity index (χ1v) is 5.15. The van der Waals surface area contributed by atoms with Gasteiger partial charge in [-0.25, -0.2) is 0 Å². The maximum absolute atomic E-state index is 5.14. The molecule has 0 radical (unpaired) electrons. The van der Waals surface area contributed by atoms with Crippen LogP contribution in [0.1, 0.15) is 5.56 Å². The summed E-state index contributed by atoms with van der Waals surface area (Å²) in [5.74, 6) is 0.859. The zero-order valence-corrected chi connectivity index (χ0v) is 10.2. The summed E-state index contributed by atoms with van der Waals surface area (Å²) in [6, 6.07) is 5.89. The quantitative estimate of drug-likeness (QED) is 0.752. The van der Waals surface area contributed by atoms with Gasteiger partial charge in [0.25, 0.3) is 0 Å². The Morgan fingerprint density at radius 1 is 1.19 bits per heavy atom. The van der Waals surface area contributed by atoms with Crippen LogP contribution < -0.4 is 10.1 Å². The lowest BCUT2D eigenvalue weighted by Gasteiger charge is -2.16. The van der Waals surface area contributed by atoms with Gasteiger partial charge in [0.1, 0.15) is 5.75 Å². The van der Waals surface area contributed by atoms with E-state index in [4.69, 9.17) is 14.2 Å². The first-order valence-electron chi connectivity index (χ1n) is 5.15. The highest BCUT2D eigenvalue weighted by Gasteiger charge is 2.05. The van der Waals surface area contributed by atoms with Gasteiger partial charge in [-0.1, -0.05) is 0 Å². The van der Waals surface area contributed by atoms with Crippen molar-refractivity contribution < 1.29 is 14.2 Å². The fraction of sp³-hybridized carbons (Fsp3) is 0.500. The van der Waals surface area contributed by atoms with E-state index in [0.29, 0.717) is 6.54 Å². The van der Waals surface area contributed by atoms with Gasteiger partial charge in [0, 0.05) is 19.9 Å². The van der Waals surface area contributed by atoms with Crippen molar-refractivity contribution in [3.05, 3.63) is 23.8 Å². The van der Waals surface area contributed by atoms with Gasteiger partial charge in [-0.2, -0.15) is 0 Å². The molecule has 4 nitrogen and oxygen atoms in total. The predicted molar refractivity (Wildman–Crippen MR) is 64.0 cm³/mol. The molecular formula is C12H19NO3. The SMILES string of the molecule is COc1ccc(NCC(OC)OC)c(C)c1. The summed E-state index contributed by atoms with van der Waals surface area (Å²) in [6.45, 7) is 2.64. The number of nitrogens with one attached hydrogen (secondary N) is 1. The summed E-state index contributed by atoms with van der Waals surface area (Å²) in [7, 11) is 4.90. The molecule has 1 N–H and O–H groups in total. The minimum Gasteiger partial charge on any atom is -0.497 e. The van der Waals surface area contributed by atoms with Gasteiger partial charge in [-0.15, -0.1) is 0 Å². The first-order chi connectivity index (χ1) is 7.71. The monoisotopic (exact) mass is 225 g/mol. The Labute approximate surface area is 96.5 Å². The summed E-state index contributed by atoms with van der Waals surface area (Å²) < 4.78 is 15.3. The van der Waals surface area contributed by atoms with E-state index >= 15 is 0 Å². The Kier molecular flexibility index (Phi) is 5.08. The molecule has 0 saturated heterocycles. The molecule has 4 heteroatoms. The number of methoxy groups -OCH3 is 3. The molecule has 0 unspecified atom stereocenters. The van der Waals surface area contributed by atoms with Gasteiger partial charge in [0.05, 0.1) is 13.7 Å². The maximum Gasteiger partial charge on any atom is 0.173 e. The Bertz CT molecular complexity index is 324. The second kappa shape index (κ2) is 6.35. The fourth-order valence-electron chi connectivity index (χ4n) is 1.42. The largest absolute Gasteiger partial charge is 0.497 e. The van der Waals surface area contributed by atoms with Gasteiger partial charge in [-0.05, 0) is 30.7 Å². The summed E-state index contributed by atoms with van der Waals surface area (Å²) in [5.41, 5.74) is 2.19. The van der Waals surface area contributed by atoms with Crippen LogP contribution in [0.5, 0.6) is 5.75 Å². The van der Waals surface area contributed by atoms with Crippen molar-refractivity contribution in [2.45, 2.75) is 13.2 Å². The van der Waals surface area contributed by atoms with Crippen LogP contribution in [-0.4, -0.2) is 34.2 Å². The molecule has 90 valence electrons. The van der Waals surface area contributed by atoms with Gasteiger partial charge in [0.15, 0.2) is 6.29 Å². The highest BCUT2D eigenvalue weighted by Crippen LogP contribution is 2.20. The van der Waals surface area contributed by atoms with E-state index in [-0.39, 0.29) is 6.29 Å². The van der Waals surface area contributed by atoms with Gasteiger partial charge in [-0.3, -0.25) is 0 Å². The van der Waals surface area contributed by atoms with E-state index in [9.17, 15) is 0 Å². The summed E-state index contributed by atoms with van der Waals surface area (Å²) in [4.78, 5) is 0. The van der Waals surface area contributed by atoms with Crippen LogP contribution in [-0.2, 0) is 9.47 Å². The molecule has 0 fully saturated rings. The molecule has 0 bridgehead atoms. The molecule has 0 amide bonds. The molecule has 1 rings (SSSR count). The Balaban J connectivity index is 2.60. The Hall–Kier alpha value is -1.26. The number of rotatable bonds is 6. The lowest BCUT2D eigenvalue weighted by atomic mass is 10.2. The van der Waals surface area contributed by atoms with Crippen LogP contribution in [0.2, 0.25) is 0 Å². The minimum absolute atomic E-state index is 0.235. The van der Waals surface area contributed by atoms with E-state index < -0.39 is 0 Å². The van der Waals surface area contributed by atoms with E-state index in [2.05, 4.69) is 5.32 Å². The third-order valence-electron chi connectivity index (χ3n) is 2.42. The van der Waals surface area contributed by atoms with E-state index in [1.165, 1.54) is 0 Å². The maximum atomic E-state index is 5.14. The molecule has 0 aliphatic carbocycles. The molecular weight excluding hydrogens is 206 g/mol. The molecule has 0 aromatic heterocycles. The van der Waals surface area contributed by atoms with E-state index in [0.717, 1.165) is 17.0 Å². The lowest BCUT2D eigenvalue weighted by Crippen LogP contribution is -2.23. The summed E-state index contributed by atoms with van der Waals surface area (Å²) >= 11 is 0. The number of benzene rings is 1.